The monoisotopic (exact) mass is 268 g/mol. The molecule has 0 heterocycles. The first-order valence-corrected chi connectivity index (χ1v) is 5.57. The third-order valence-corrected chi connectivity index (χ3v) is 3.02. The fourth-order valence-electron chi connectivity index (χ4n) is 1.39. The predicted molar refractivity (Wildman–Crippen MR) is 68.0 cm³/mol. The summed E-state index contributed by atoms with van der Waals surface area (Å²) in [6.07, 6.45) is 0. The fourth-order valence-corrected chi connectivity index (χ4v) is 1.39. The van der Waals surface area contributed by atoms with Crippen molar-refractivity contribution in [1.82, 2.24) is 4.90 Å². The molecule has 0 aliphatic rings. The van der Waals surface area contributed by atoms with Crippen LogP contribution in [0, 0.1) is 10.1 Å². The number of hydrogen-bond acceptors (Lipinski definition) is 5. The zero-order chi connectivity index (χ0) is 14.8. The van der Waals surface area contributed by atoms with Crippen molar-refractivity contribution in [2.45, 2.75) is 19.4 Å². The number of carbonyl (C=O) groups excluding carboxylic acids is 1. The van der Waals surface area contributed by atoms with Crippen LogP contribution in [0.1, 0.15) is 24.2 Å². The number of aliphatic hydroxyl groups is 1. The number of nitrogens with zero attached hydrogens (tertiary/aromatic N) is 2. The van der Waals surface area contributed by atoms with E-state index in [1.807, 2.05) is 0 Å². The normalized spacial score (nSPS) is 11.2. The molecule has 1 amide bonds. The highest BCUT2D eigenvalue weighted by molar-refractivity contribution is 5.95. The largest absolute Gasteiger partial charge is 0.502 e. The first-order valence-electron chi connectivity index (χ1n) is 5.57. The van der Waals surface area contributed by atoms with Gasteiger partial charge in [0.1, 0.15) is 0 Å². The van der Waals surface area contributed by atoms with Crippen LogP contribution in [-0.4, -0.2) is 45.1 Å². The second kappa shape index (κ2) is 5.23. The van der Waals surface area contributed by atoms with Crippen molar-refractivity contribution >= 4 is 11.6 Å². The Kier molecular flexibility index (Phi) is 4.10. The van der Waals surface area contributed by atoms with E-state index < -0.39 is 27.8 Å². The van der Waals surface area contributed by atoms with Crippen LogP contribution in [0.2, 0.25) is 0 Å². The topological polar surface area (TPSA) is 104 Å². The minimum atomic E-state index is -0.769. The number of benzene rings is 1. The lowest BCUT2D eigenvalue weighted by Crippen LogP contribution is -2.47. The summed E-state index contributed by atoms with van der Waals surface area (Å²) in [6, 6.07) is 3.39. The number of rotatable bonds is 4. The van der Waals surface area contributed by atoms with Crippen LogP contribution < -0.4 is 0 Å². The first kappa shape index (κ1) is 14.9. The summed E-state index contributed by atoms with van der Waals surface area (Å²) >= 11 is 0. The summed E-state index contributed by atoms with van der Waals surface area (Å²) in [6.45, 7) is 3.13. The van der Waals surface area contributed by atoms with Gasteiger partial charge in [0.15, 0.2) is 5.75 Å². The van der Waals surface area contributed by atoms with Gasteiger partial charge in [-0.05, 0) is 26.0 Å². The van der Waals surface area contributed by atoms with Gasteiger partial charge in [0, 0.05) is 18.7 Å². The number of phenols is 1. The van der Waals surface area contributed by atoms with Gasteiger partial charge in [-0.25, -0.2) is 0 Å². The van der Waals surface area contributed by atoms with E-state index in [-0.39, 0.29) is 12.2 Å². The summed E-state index contributed by atoms with van der Waals surface area (Å²) in [4.78, 5) is 23.3. The fraction of sp³-hybridized carbons (Fsp3) is 0.417. The number of aliphatic hydroxyl groups excluding tert-OH is 1. The van der Waals surface area contributed by atoms with E-state index in [0.29, 0.717) is 0 Å². The van der Waals surface area contributed by atoms with E-state index in [2.05, 4.69) is 0 Å². The molecule has 0 bridgehead atoms. The first-order chi connectivity index (χ1) is 8.70. The molecule has 0 aromatic heterocycles. The number of aromatic hydroxyl groups is 1. The third-order valence-electron chi connectivity index (χ3n) is 3.02. The average molecular weight is 268 g/mol. The molecule has 0 fully saturated rings. The molecule has 1 aromatic rings. The molecule has 1 rings (SSSR count). The molecule has 0 atom stereocenters. The Morgan fingerprint density at radius 3 is 2.47 bits per heavy atom. The Morgan fingerprint density at radius 1 is 1.47 bits per heavy atom. The lowest BCUT2D eigenvalue weighted by Gasteiger charge is -2.33. The van der Waals surface area contributed by atoms with Gasteiger partial charge in [0.05, 0.1) is 17.1 Å². The van der Waals surface area contributed by atoms with Crippen molar-refractivity contribution in [3.05, 3.63) is 33.9 Å². The Morgan fingerprint density at radius 2 is 2.05 bits per heavy atom. The lowest BCUT2D eigenvalue weighted by atomic mass is 10.0. The molecule has 104 valence electrons. The summed E-state index contributed by atoms with van der Waals surface area (Å²) < 4.78 is 0. The Labute approximate surface area is 110 Å². The van der Waals surface area contributed by atoms with Gasteiger partial charge in [-0.2, -0.15) is 0 Å². The molecule has 0 aliphatic heterocycles. The number of nitro groups is 1. The van der Waals surface area contributed by atoms with Crippen molar-refractivity contribution < 1.29 is 19.9 Å². The van der Waals surface area contributed by atoms with E-state index in [9.17, 15) is 25.1 Å². The van der Waals surface area contributed by atoms with Crippen molar-refractivity contribution in [2.24, 2.45) is 0 Å². The van der Waals surface area contributed by atoms with Crippen LogP contribution in [0.15, 0.2) is 18.2 Å². The van der Waals surface area contributed by atoms with Crippen LogP contribution in [0.25, 0.3) is 0 Å². The molecule has 19 heavy (non-hydrogen) atoms. The maximum absolute atomic E-state index is 12.1. The quantitative estimate of drug-likeness (QED) is 0.629. The minimum Gasteiger partial charge on any atom is -0.502 e. The second-order valence-electron chi connectivity index (χ2n) is 4.80. The standard InChI is InChI=1S/C12H16N2O5/c1-12(2,7-15)13(3)11(17)8-4-5-9(14(18)19)10(16)6-8/h4-6,15-16H,7H2,1-3H3. The van der Waals surface area contributed by atoms with Crippen LogP contribution in [0.3, 0.4) is 0 Å². The van der Waals surface area contributed by atoms with Crippen LogP contribution >= 0.6 is 0 Å². The molecule has 0 radical (unpaired) electrons. The van der Waals surface area contributed by atoms with Crippen molar-refractivity contribution in [2.75, 3.05) is 13.7 Å². The molecule has 0 spiro atoms. The number of phenolic OH excluding ortho intramolecular Hbond substituents is 1. The van der Waals surface area contributed by atoms with Gasteiger partial charge < -0.3 is 15.1 Å². The third kappa shape index (κ3) is 3.00. The molecular formula is C12H16N2O5. The number of nitro benzene ring substituents is 1. The highest BCUT2D eigenvalue weighted by Gasteiger charge is 2.28. The highest BCUT2D eigenvalue weighted by atomic mass is 16.6. The predicted octanol–water partition coefficient (Wildman–Crippen LogP) is 1.14. The van der Waals surface area contributed by atoms with Gasteiger partial charge in [0.25, 0.3) is 5.91 Å². The Bertz CT molecular complexity index is 513. The molecule has 7 nitrogen and oxygen atoms in total. The molecule has 2 N–H and O–H groups in total. The average Bonchev–Trinajstić information content (AvgIpc) is 2.36. The van der Waals surface area contributed by atoms with E-state index >= 15 is 0 Å². The van der Waals surface area contributed by atoms with E-state index in [1.165, 1.54) is 18.0 Å². The number of likely N-dealkylation sites (N-methyl/N-ethyl adjacent to an activating group) is 1. The minimum absolute atomic E-state index is 0.118. The van der Waals surface area contributed by atoms with Crippen molar-refractivity contribution in [1.29, 1.82) is 0 Å². The maximum atomic E-state index is 12.1. The van der Waals surface area contributed by atoms with Gasteiger partial charge in [0.2, 0.25) is 0 Å². The summed E-state index contributed by atoms with van der Waals surface area (Å²) in [7, 11) is 1.51. The Balaban J connectivity index is 3.08. The molecule has 0 aliphatic carbocycles. The molecule has 0 unspecified atom stereocenters. The van der Waals surface area contributed by atoms with E-state index in [0.717, 1.165) is 12.1 Å². The van der Waals surface area contributed by atoms with Gasteiger partial charge in [-0.15, -0.1) is 0 Å². The summed E-state index contributed by atoms with van der Waals surface area (Å²) in [5, 5.41) is 29.2. The SMILES string of the molecule is CN(C(=O)c1ccc([N+](=O)[O-])c(O)c1)C(C)(C)CO. The van der Waals surface area contributed by atoms with Gasteiger partial charge >= 0.3 is 5.69 Å². The molecule has 0 saturated heterocycles. The molecular weight excluding hydrogens is 252 g/mol. The van der Waals surface area contributed by atoms with Crippen LogP contribution in [0.4, 0.5) is 5.69 Å². The highest BCUT2D eigenvalue weighted by Crippen LogP contribution is 2.27. The number of hydrogen-bond donors (Lipinski definition) is 2. The molecule has 7 heteroatoms. The zero-order valence-electron chi connectivity index (χ0n) is 11.0. The second-order valence-corrected chi connectivity index (χ2v) is 4.80. The summed E-state index contributed by atoms with van der Waals surface area (Å²) in [5.41, 5.74) is -1.11. The van der Waals surface area contributed by atoms with Gasteiger partial charge in [-0.3, -0.25) is 14.9 Å². The smallest absolute Gasteiger partial charge is 0.310 e. The van der Waals surface area contributed by atoms with Crippen LogP contribution in [-0.2, 0) is 0 Å². The maximum Gasteiger partial charge on any atom is 0.310 e. The van der Waals surface area contributed by atoms with Crippen LogP contribution in [0.5, 0.6) is 5.75 Å². The molecule has 1 aromatic carbocycles. The summed E-state index contributed by atoms with van der Waals surface area (Å²) in [5.74, 6) is -1.00. The lowest BCUT2D eigenvalue weighted by molar-refractivity contribution is -0.385. The number of carbonyl (C=O) groups is 1. The van der Waals surface area contributed by atoms with Gasteiger partial charge in [-0.1, -0.05) is 0 Å². The molecule has 0 saturated carbocycles. The number of amides is 1. The van der Waals surface area contributed by atoms with E-state index in [1.54, 1.807) is 13.8 Å². The van der Waals surface area contributed by atoms with Crippen molar-refractivity contribution in [3.8, 4) is 5.75 Å². The zero-order valence-corrected chi connectivity index (χ0v) is 11.0. The van der Waals surface area contributed by atoms with Crippen molar-refractivity contribution in [3.63, 3.8) is 0 Å². The Hall–Kier alpha value is -2.15. The van der Waals surface area contributed by atoms with E-state index in [4.69, 9.17) is 0 Å².